The molecule has 1 saturated heterocycles. The van der Waals surface area contributed by atoms with Crippen molar-refractivity contribution in [1.82, 2.24) is 0 Å². The first-order valence-corrected chi connectivity index (χ1v) is 6.16. The molecule has 3 heteroatoms. The van der Waals surface area contributed by atoms with Gasteiger partial charge < -0.3 is 9.84 Å². The maximum atomic E-state index is 11.3. The van der Waals surface area contributed by atoms with Crippen molar-refractivity contribution < 1.29 is 14.6 Å². The molecular formula is C14H18O3. The quantitative estimate of drug-likeness (QED) is 0.874. The Morgan fingerprint density at radius 2 is 2.24 bits per heavy atom. The fraction of sp³-hybridized carbons (Fsp3) is 0.500. The minimum absolute atomic E-state index is 0.280. The highest BCUT2D eigenvalue weighted by molar-refractivity contribution is 5.71. The molecule has 1 N–H and O–H groups in total. The molecule has 0 radical (unpaired) electrons. The summed E-state index contributed by atoms with van der Waals surface area (Å²) >= 11 is 0. The Morgan fingerprint density at radius 3 is 2.94 bits per heavy atom. The standard InChI is InChI=1S/C14H18O3/c1-2-10-6-3-4-7-11(10)13-12(14(15)16)8-5-9-17-13/h3-4,6-7,12-13H,2,5,8-9H2,1H3,(H,15,16). The SMILES string of the molecule is CCc1ccccc1C1OCCCC1C(=O)O. The van der Waals surface area contributed by atoms with Gasteiger partial charge in [-0.15, -0.1) is 0 Å². The fourth-order valence-corrected chi connectivity index (χ4v) is 2.47. The molecule has 1 aliphatic heterocycles. The lowest BCUT2D eigenvalue weighted by atomic mass is 9.87. The molecule has 0 amide bonds. The third-order valence-corrected chi connectivity index (χ3v) is 3.38. The molecule has 1 aromatic carbocycles. The van der Waals surface area contributed by atoms with Crippen LogP contribution in [-0.4, -0.2) is 17.7 Å². The fourth-order valence-electron chi connectivity index (χ4n) is 2.47. The molecular weight excluding hydrogens is 216 g/mol. The third kappa shape index (κ3) is 2.50. The van der Waals surface area contributed by atoms with Crippen molar-refractivity contribution in [2.45, 2.75) is 32.3 Å². The average molecular weight is 234 g/mol. The van der Waals surface area contributed by atoms with E-state index in [9.17, 15) is 9.90 Å². The van der Waals surface area contributed by atoms with Gasteiger partial charge in [-0.05, 0) is 30.4 Å². The van der Waals surface area contributed by atoms with E-state index in [2.05, 4.69) is 6.92 Å². The van der Waals surface area contributed by atoms with Gasteiger partial charge in [0.25, 0.3) is 0 Å². The van der Waals surface area contributed by atoms with Crippen LogP contribution in [0, 0.1) is 5.92 Å². The van der Waals surface area contributed by atoms with E-state index in [0.29, 0.717) is 13.0 Å². The molecule has 1 aromatic rings. The lowest BCUT2D eigenvalue weighted by Gasteiger charge is -2.30. The summed E-state index contributed by atoms with van der Waals surface area (Å²) in [4.78, 5) is 11.3. The number of benzene rings is 1. The Hall–Kier alpha value is -1.35. The maximum Gasteiger partial charge on any atom is 0.309 e. The Kier molecular flexibility index (Phi) is 3.79. The van der Waals surface area contributed by atoms with Gasteiger partial charge in [0.1, 0.15) is 0 Å². The number of ether oxygens (including phenoxy) is 1. The zero-order valence-corrected chi connectivity index (χ0v) is 10.1. The van der Waals surface area contributed by atoms with Crippen molar-refractivity contribution in [3.63, 3.8) is 0 Å². The van der Waals surface area contributed by atoms with Gasteiger partial charge in [0.15, 0.2) is 0 Å². The molecule has 2 atom stereocenters. The highest BCUT2D eigenvalue weighted by Gasteiger charge is 2.33. The van der Waals surface area contributed by atoms with Crippen LogP contribution < -0.4 is 0 Å². The minimum Gasteiger partial charge on any atom is -0.481 e. The van der Waals surface area contributed by atoms with Crippen molar-refractivity contribution in [2.75, 3.05) is 6.61 Å². The van der Waals surface area contributed by atoms with Gasteiger partial charge in [-0.1, -0.05) is 31.2 Å². The number of carboxylic acids is 1. The first kappa shape index (κ1) is 12.1. The van der Waals surface area contributed by atoms with Crippen LogP contribution in [0.15, 0.2) is 24.3 Å². The molecule has 0 aliphatic carbocycles. The first-order chi connectivity index (χ1) is 8.24. The van der Waals surface area contributed by atoms with Gasteiger partial charge in [0.2, 0.25) is 0 Å². The second kappa shape index (κ2) is 5.32. The number of hydrogen-bond donors (Lipinski definition) is 1. The number of hydrogen-bond acceptors (Lipinski definition) is 2. The highest BCUT2D eigenvalue weighted by Crippen LogP contribution is 2.35. The Balaban J connectivity index is 2.32. The van der Waals surface area contributed by atoms with Crippen LogP contribution in [0.2, 0.25) is 0 Å². The summed E-state index contributed by atoms with van der Waals surface area (Å²) in [5.74, 6) is -1.16. The lowest BCUT2D eigenvalue weighted by molar-refractivity contribution is -0.151. The summed E-state index contributed by atoms with van der Waals surface area (Å²) in [7, 11) is 0. The van der Waals surface area contributed by atoms with Gasteiger partial charge in [-0.2, -0.15) is 0 Å². The molecule has 1 heterocycles. The topological polar surface area (TPSA) is 46.5 Å². The summed E-state index contributed by atoms with van der Waals surface area (Å²) in [5, 5.41) is 9.25. The molecule has 2 unspecified atom stereocenters. The Morgan fingerprint density at radius 1 is 1.47 bits per heavy atom. The van der Waals surface area contributed by atoms with Gasteiger partial charge in [0.05, 0.1) is 12.0 Å². The molecule has 0 saturated carbocycles. The van der Waals surface area contributed by atoms with Crippen LogP contribution in [0.25, 0.3) is 0 Å². The van der Waals surface area contributed by atoms with Crippen LogP contribution in [0.4, 0.5) is 0 Å². The van der Waals surface area contributed by atoms with E-state index in [-0.39, 0.29) is 6.10 Å². The summed E-state index contributed by atoms with van der Waals surface area (Å²) in [6.45, 7) is 2.74. The van der Waals surface area contributed by atoms with Gasteiger partial charge >= 0.3 is 5.97 Å². The molecule has 0 bridgehead atoms. The van der Waals surface area contributed by atoms with Crippen molar-refractivity contribution in [3.05, 3.63) is 35.4 Å². The molecule has 1 fully saturated rings. The lowest BCUT2D eigenvalue weighted by Crippen LogP contribution is -2.29. The second-order valence-corrected chi connectivity index (χ2v) is 4.43. The maximum absolute atomic E-state index is 11.3. The van der Waals surface area contributed by atoms with Crippen molar-refractivity contribution in [2.24, 2.45) is 5.92 Å². The summed E-state index contributed by atoms with van der Waals surface area (Å²) in [6, 6.07) is 7.98. The number of carboxylic acid groups (broad SMARTS) is 1. The average Bonchev–Trinajstić information content (AvgIpc) is 2.38. The molecule has 0 aromatic heterocycles. The zero-order chi connectivity index (χ0) is 12.3. The van der Waals surface area contributed by atoms with E-state index < -0.39 is 11.9 Å². The Labute approximate surface area is 101 Å². The molecule has 17 heavy (non-hydrogen) atoms. The van der Waals surface area contributed by atoms with Crippen molar-refractivity contribution >= 4 is 5.97 Å². The monoisotopic (exact) mass is 234 g/mol. The van der Waals surface area contributed by atoms with Crippen LogP contribution in [0.5, 0.6) is 0 Å². The second-order valence-electron chi connectivity index (χ2n) is 4.43. The summed E-state index contributed by atoms with van der Waals surface area (Å²) in [6.07, 6.45) is 2.17. The van der Waals surface area contributed by atoms with E-state index in [0.717, 1.165) is 18.4 Å². The largest absolute Gasteiger partial charge is 0.481 e. The van der Waals surface area contributed by atoms with Crippen molar-refractivity contribution in [3.8, 4) is 0 Å². The molecule has 3 nitrogen and oxygen atoms in total. The normalized spacial score (nSPS) is 24.5. The van der Waals surface area contributed by atoms with E-state index in [1.54, 1.807) is 0 Å². The van der Waals surface area contributed by atoms with Gasteiger partial charge in [0, 0.05) is 6.61 Å². The van der Waals surface area contributed by atoms with Gasteiger partial charge in [-0.25, -0.2) is 0 Å². The van der Waals surface area contributed by atoms with E-state index in [1.165, 1.54) is 5.56 Å². The third-order valence-electron chi connectivity index (χ3n) is 3.38. The Bertz CT molecular complexity index is 400. The number of aliphatic carboxylic acids is 1. The van der Waals surface area contributed by atoms with Crippen LogP contribution in [0.3, 0.4) is 0 Å². The molecule has 1 aliphatic rings. The number of carbonyl (C=O) groups is 1. The summed E-state index contributed by atoms with van der Waals surface area (Å²) < 4.78 is 5.70. The van der Waals surface area contributed by atoms with Crippen LogP contribution >= 0.6 is 0 Å². The van der Waals surface area contributed by atoms with Crippen LogP contribution in [-0.2, 0) is 16.0 Å². The van der Waals surface area contributed by atoms with Crippen molar-refractivity contribution in [1.29, 1.82) is 0 Å². The van der Waals surface area contributed by atoms with E-state index in [1.807, 2.05) is 24.3 Å². The first-order valence-electron chi connectivity index (χ1n) is 6.16. The number of rotatable bonds is 3. The van der Waals surface area contributed by atoms with E-state index in [4.69, 9.17) is 4.74 Å². The zero-order valence-electron chi connectivity index (χ0n) is 10.1. The highest BCUT2D eigenvalue weighted by atomic mass is 16.5. The predicted molar refractivity (Wildman–Crippen MR) is 64.9 cm³/mol. The molecule has 2 rings (SSSR count). The minimum atomic E-state index is -0.749. The van der Waals surface area contributed by atoms with Gasteiger partial charge in [-0.3, -0.25) is 4.79 Å². The van der Waals surface area contributed by atoms with E-state index >= 15 is 0 Å². The molecule has 92 valence electrons. The smallest absolute Gasteiger partial charge is 0.309 e. The van der Waals surface area contributed by atoms with Crippen LogP contribution in [0.1, 0.15) is 37.0 Å². The number of aryl methyl sites for hydroxylation is 1. The molecule has 0 spiro atoms. The summed E-state index contributed by atoms with van der Waals surface area (Å²) in [5.41, 5.74) is 2.23. The predicted octanol–water partition coefficient (Wildman–Crippen LogP) is 2.80.